The average Bonchev–Trinajstić information content (AvgIpc) is 3.34. The first-order valence-electron chi connectivity index (χ1n) is 11.1. The van der Waals surface area contributed by atoms with Gasteiger partial charge in [-0.2, -0.15) is 0 Å². The van der Waals surface area contributed by atoms with Gasteiger partial charge in [0.1, 0.15) is 0 Å². The van der Waals surface area contributed by atoms with E-state index in [1.807, 2.05) is 24.3 Å². The number of hydrogen-bond donors (Lipinski definition) is 3. The Morgan fingerprint density at radius 3 is 1.94 bits per heavy atom. The molecule has 0 bridgehead atoms. The molecule has 0 aliphatic heterocycles. The smallest absolute Gasteiger partial charge is 0.341 e. The number of carboxylic acid groups (broad SMARTS) is 1. The molecule has 6 nitrogen and oxygen atoms in total. The lowest BCUT2D eigenvalue weighted by Gasteiger charge is -2.21. The molecule has 172 valence electrons. The van der Waals surface area contributed by atoms with Crippen molar-refractivity contribution in [2.24, 2.45) is 0 Å². The number of aromatic nitrogens is 2. The number of hydrogen-bond acceptors (Lipinski definition) is 3. The Hall–Kier alpha value is -4.19. The van der Waals surface area contributed by atoms with E-state index in [1.54, 1.807) is 13.2 Å². The molecule has 2 aromatic heterocycles. The zero-order valence-electron chi connectivity index (χ0n) is 19.3. The highest BCUT2D eigenvalue weighted by Crippen LogP contribution is 2.44. The van der Waals surface area contributed by atoms with Gasteiger partial charge in [0.15, 0.2) is 18.1 Å². The molecule has 0 fully saturated rings. The summed E-state index contributed by atoms with van der Waals surface area (Å²) in [6, 6.07) is 22.4. The van der Waals surface area contributed by atoms with Crippen LogP contribution in [-0.2, 0) is 4.79 Å². The van der Waals surface area contributed by atoms with Crippen molar-refractivity contribution in [2.45, 2.75) is 19.8 Å². The first-order valence-corrected chi connectivity index (χ1v) is 11.1. The second-order valence-corrected chi connectivity index (χ2v) is 8.44. The van der Waals surface area contributed by atoms with Crippen LogP contribution in [0.25, 0.3) is 21.8 Å². The van der Waals surface area contributed by atoms with Crippen molar-refractivity contribution in [3.8, 4) is 11.5 Å². The van der Waals surface area contributed by atoms with Crippen molar-refractivity contribution in [3.05, 3.63) is 94.8 Å². The summed E-state index contributed by atoms with van der Waals surface area (Å²) in [7, 11) is 1.57. The predicted octanol–water partition coefficient (Wildman–Crippen LogP) is 5.92. The maximum atomic E-state index is 11.0. The Labute approximate surface area is 197 Å². The molecule has 3 aromatic carbocycles. The normalized spacial score (nSPS) is 11.4. The van der Waals surface area contributed by atoms with E-state index in [4.69, 9.17) is 14.6 Å². The zero-order chi connectivity index (χ0) is 23.8. The largest absolute Gasteiger partial charge is 0.493 e. The third-order valence-corrected chi connectivity index (χ3v) is 6.34. The predicted molar refractivity (Wildman–Crippen MR) is 133 cm³/mol. The van der Waals surface area contributed by atoms with Crippen LogP contribution in [0.1, 0.15) is 34.0 Å². The molecule has 0 saturated carbocycles. The van der Waals surface area contributed by atoms with Crippen LogP contribution in [-0.4, -0.2) is 34.8 Å². The molecular weight excluding hydrogens is 428 g/mol. The van der Waals surface area contributed by atoms with E-state index in [0.717, 1.165) is 28.0 Å². The molecule has 5 rings (SSSR count). The minimum absolute atomic E-state index is 0.0882. The second kappa shape index (κ2) is 8.63. The molecular formula is C28H26N2O4. The van der Waals surface area contributed by atoms with Crippen LogP contribution < -0.4 is 9.47 Å². The molecule has 0 amide bonds. The number of aryl methyl sites for hydroxylation is 2. The lowest BCUT2D eigenvalue weighted by molar-refractivity contribution is -0.139. The number of carboxylic acids is 1. The summed E-state index contributed by atoms with van der Waals surface area (Å²) in [6.07, 6.45) is 0. The van der Waals surface area contributed by atoms with Crippen molar-refractivity contribution in [2.75, 3.05) is 13.7 Å². The minimum atomic E-state index is -1.03. The Kier molecular flexibility index (Phi) is 5.49. The first-order chi connectivity index (χ1) is 16.5. The highest BCUT2D eigenvalue weighted by atomic mass is 16.5. The van der Waals surface area contributed by atoms with E-state index in [-0.39, 0.29) is 5.92 Å². The lowest BCUT2D eigenvalue weighted by Crippen LogP contribution is -2.11. The van der Waals surface area contributed by atoms with E-state index in [0.29, 0.717) is 11.5 Å². The molecule has 0 unspecified atom stereocenters. The molecule has 0 aliphatic carbocycles. The van der Waals surface area contributed by atoms with Gasteiger partial charge in [-0.25, -0.2) is 4.79 Å². The molecule has 2 heterocycles. The van der Waals surface area contributed by atoms with Crippen molar-refractivity contribution < 1.29 is 19.4 Å². The fourth-order valence-electron chi connectivity index (χ4n) is 4.94. The monoisotopic (exact) mass is 454 g/mol. The Morgan fingerprint density at radius 1 is 0.853 bits per heavy atom. The number of H-pyrrole nitrogens is 2. The molecule has 0 saturated heterocycles. The third-order valence-electron chi connectivity index (χ3n) is 6.34. The van der Waals surface area contributed by atoms with Gasteiger partial charge in [0.05, 0.1) is 7.11 Å². The highest BCUT2D eigenvalue weighted by molar-refractivity contribution is 5.91. The number of benzene rings is 3. The summed E-state index contributed by atoms with van der Waals surface area (Å²) in [5.41, 5.74) is 7.80. The summed E-state index contributed by atoms with van der Waals surface area (Å²) in [5.74, 6) is -0.222. The number of ether oxygens (including phenoxy) is 2. The van der Waals surface area contributed by atoms with Gasteiger partial charge in [-0.3, -0.25) is 0 Å². The average molecular weight is 455 g/mol. The van der Waals surface area contributed by atoms with Crippen LogP contribution in [0.5, 0.6) is 11.5 Å². The van der Waals surface area contributed by atoms with Crippen LogP contribution in [0.4, 0.5) is 0 Å². The van der Waals surface area contributed by atoms with Crippen molar-refractivity contribution >= 4 is 27.8 Å². The van der Waals surface area contributed by atoms with Gasteiger partial charge in [0.25, 0.3) is 0 Å². The number of para-hydroxylation sites is 2. The number of carbonyl (C=O) groups is 1. The molecule has 0 aliphatic rings. The minimum Gasteiger partial charge on any atom is -0.493 e. The lowest BCUT2D eigenvalue weighted by atomic mass is 9.82. The summed E-state index contributed by atoms with van der Waals surface area (Å²) >= 11 is 0. The van der Waals surface area contributed by atoms with Crippen molar-refractivity contribution in [3.63, 3.8) is 0 Å². The second-order valence-electron chi connectivity index (χ2n) is 8.44. The van der Waals surface area contributed by atoms with Crippen molar-refractivity contribution in [1.82, 2.24) is 9.97 Å². The fraction of sp³-hybridized carbons (Fsp3) is 0.179. The topological polar surface area (TPSA) is 87.3 Å². The standard InChI is InChI=1S/C28H26N2O4/c1-16-26(19-8-4-6-10-21(19)29-16)28(27-17(2)30-22-11-7-5-9-20(22)27)18-12-13-23(24(14-18)33-3)34-15-25(31)32/h4-14,28-30H,15H2,1-3H3,(H,31,32). The van der Waals surface area contributed by atoms with Gasteiger partial charge < -0.3 is 24.5 Å². The maximum Gasteiger partial charge on any atom is 0.341 e. The molecule has 0 radical (unpaired) electrons. The van der Waals surface area contributed by atoms with Crippen molar-refractivity contribution in [1.29, 1.82) is 0 Å². The number of nitrogens with one attached hydrogen (secondary N) is 2. The van der Waals surface area contributed by atoms with E-state index >= 15 is 0 Å². The Bertz CT molecular complexity index is 1430. The summed E-state index contributed by atoms with van der Waals surface area (Å²) in [4.78, 5) is 18.1. The third kappa shape index (κ3) is 3.67. The number of rotatable bonds is 7. The SMILES string of the molecule is COc1cc(C(c2c(C)[nH]c3ccccc23)c2c(C)[nH]c3ccccc23)ccc1OCC(=O)O. The van der Waals surface area contributed by atoms with Gasteiger partial charge in [-0.1, -0.05) is 42.5 Å². The Morgan fingerprint density at radius 2 is 1.41 bits per heavy atom. The summed E-state index contributed by atoms with van der Waals surface area (Å²) < 4.78 is 11.1. The maximum absolute atomic E-state index is 11.0. The van der Waals surface area contributed by atoms with E-state index in [1.165, 1.54) is 21.9 Å². The zero-order valence-corrected chi connectivity index (χ0v) is 19.3. The van der Waals surface area contributed by atoms with E-state index in [9.17, 15) is 4.79 Å². The van der Waals surface area contributed by atoms with Gasteiger partial charge in [-0.15, -0.1) is 0 Å². The number of aliphatic carboxylic acids is 1. The number of fused-ring (bicyclic) bond motifs is 2. The molecule has 34 heavy (non-hydrogen) atoms. The van der Waals surface area contributed by atoms with Gasteiger partial charge in [-0.05, 0) is 54.8 Å². The summed E-state index contributed by atoms with van der Waals surface area (Å²) in [5, 5.41) is 11.4. The van der Waals surface area contributed by atoms with Gasteiger partial charge in [0, 0.05) is 39.1 Å². The number of aromatic amines is 2. The molecule has 5 aromatic rings. The first kappa shape index (κ1) is 21.6. The summed E-state index contributed by atoms with van der Waals surface area (Å²) in [6.45, 7) is 3.78. The van der Waals surface area contributed by atoms with E-state index < -0.39 is 12.6 Å². The quantitative estimate of drug-likeness (QED) is 0.285. The number of methoxy groups -OCH3 is 1. The van der Waals surface area contributed by atoms with Crippen LogP contribution in [0.15, 0.2) is 66.7 Å². The molecule has 0 spiro atoms. The molecule has 6 heteroatoms. The van der Waals surface area contributed by atoms with E-state index in [2.05, 4.69) is 60.2 Å². The Balaban J connectivity index is 1.77. The van der Waals surface area contributed by atoms with Crippen LogP contribution >= 0.6 is 0 Å². The van der Waals surface area contributed by atoms with Gasteiger partial charge in [0.2, 0.25) is 0 Å². The van der Waals surface area contributed by atoms with Gasteiger partial charge >= 0.3 is 5.97 Å². The fourth-order valence-corrected chi connectivity index (χ4v) is 4.94. The van der Waals surface area contributed by atoms with Crippen LogP contribution in [0, 0.1) is 13.8 Å². The van der Waals surface area contributed by atoms with Crippen LogP contribution in [0.3, 0.4) is 0 Å². The highest BCUT2D eigenvalue weighted by Gasteiger charge is 2.28. The van der Waals surface area contributed by atoms with Crippen LogP contribution in [0.2, 0.25) is 0 Å². The molecule has 0 atom stereocenters. The molecule has 3 N–H and O–H groups in total.